The van der Waals surface area contributed by atoms with Crippen molar-refractivity contribution in [1.82, 2.24) is 19.6 Å². The molecule has 1 aromatic heterocycles. The molecule has 9 nitrogen and oxygen atoms in total. The van der Waals surface area contributed by atoms with Crippen LogP contribution in [-0.2, 0) is 24.2 Å². The molecule has 2 heterocycles. The third kappa shape index (κ3) is 8.14. The highest BCUT2D eigenvalue weighted by molar-refractivity contribution is 6.30. The molecule has 1 unspecified atom stereocenters. The minimum Gasteiger partial charge on any atom is -0.394 e. The average Bonchev–Trinajstić information content (AvgIpc) is 3.49. The zero-order valence-electron chi connectivity index (χ0n) is 27.9. The number of aromatic nitrogens is 2. The van der Waals surface area contributed by atoms with E-state index in [2.05, 4.69) is 19.2 Å². The van der Waals surface area contributed by atoms with Crippen LogP contribution >= 0.6 is 11.6 Å². The van der Waals surface area contributed by atoms with Gasteiger partial charge in [0.1, 0.15) is 0 Å². The van der Waals surface area contributed by atoms with E-state index in [0.29, 0.717) is 59.4 Å². The van der Waals surface area contributed by atoms with Crippen LogP contribution in [0, 0.1) is 6.92 Å². The van der Waals surface area contributed by atoms with Crippen molar-refractivity contribution < 1.29 is 19.5 Å². The highest BCUT2D eigenvalue weighted by Crippen LogP contribution is 2.29. The first kappa shape index (κ1) is 34.9. The van der Waals surface area contributed by atoms with E-state index in [0.717, 1.165) is 42.4 Å². The van der Waals surface area contributed by atoms with Gasteiger partial charge in [-0.05, 0) is 79.3 Å². The summed E-state index contributed by atoms with van der Waals surface area (Å²) in [5, 5.41) is 18.6. The molecule has 48 heavy (non-hydrogen) atoms. The van der Waals surface area contributed by atoms with Crippen molar-refractivity contribution in [2.75, 3.05) is 25.0 Å². The predicted molar refractivity (Wildman–Crippen MR) is 189 cm³/mol. The summed E-state index contributed by atoms with van der Waals surface area (Å²) in [7, 11) is 0. The van der Waals surface area contributed by atoms with E-state index in [-0.39, 0.29) is 30.7 Å². The predicted octanol–water partition coefficient (Wildman–Crippen LogP) is 6.62. The van der Waals surface area contributed by atoms with E-state index in [9.17, 15) is 19.5 Å². The Labute approximate surface area is 287 Å². The molecule has 4 aromatic rings. The molecule has 3 amide bonds. The van der Waals surface area contributed by atoms with Crippen LogP contribution in [0.15, 0.2) is 72.8 Å². The number of anilines is 1. The van der Waals surface area contributed by atoms with Crippen LogP contribution in [0.3, 0.4) is 0 Å². The van der Waals surface area contributed by atoms with Gasteiger partial charge in [-0.25, -0.2) is 4.68 Å². The molecular formula is C38H44ClN5O4. The number of hydrogen-bond donors (Lipinski definition) is 2. The Morgan fingerprint density at radius 3 is 2.31 bits per heavy atom. The Bertz CT molecular complexity index is 1740. The first-order valence-corrected chi connectivity index (χ1v) is 17.1. The Balaban J connectivity index is 1.51. The van der Waals surface area contributed by atoms with Crippen LogP contribution in [0.25, 0.3) is 5.69 Å². The van der Waals surface area contributed by atoms with Gasteiger partial charge in [-0.2, -0.15) is 5.10 Å². The number of halogens is 1. The van der Waals surface area contributed by atoms with Crippen molar-refractivity contribution in [1.29, 1.82) is 0 Å². The molecule has 1 aliphatic heterocycles. The maximum absolute atomic E-state index is 14.5. The molecule has 2 N–H and O–H groups in total. The number of nitrogens with zero attached hydrogens (tertiary/aromatic N) is 4. The van der Waals surface area contributed by atoms with Gasteiger partial charge in [0.25, 0.3) is 11.8 Å². The van der Waals surface area contributed by atoms with Gasteiger partial charge in [0.05, 0.1) is 30.3 Å². The minimum atomic E-state index is -0.426. The Morgan fingerprint density at radius 2 is 1.65 bits per heavy atom. The molecule has 0 fully saturated rings. The van der Waals surface area contributed by atoms with Gasteiger partial charge < -0.3 is 20.2 Å². The maximum Gasteiger partial charge on any atom is 0.274 e. The summed E-state index contributed by atoms with van der Waals surface area (Å²) in [6, 6.07) is 21.5. The lowest BCUT2D eigenvalue weighted by Crippen LogP contribution is -2.46. The second kappa shape index (κ2) is 16.1. The quantitative estimate of drug-likeness (QED) is 0.166. The van der Waals surface area contributed by atoms with Crippen LogP contribution in [0.4, 0.5) is 5.69 Å². The summed E-state index contributed by atoms with van der Waals surface area (Å²) in [6.45, 7) is 7.52. The van der Waals surface area contributed by atoms with E-state index in [1.54, 1.807) is 58.1 Å². The van der Waals surface area contributed by atoms with Gasteiger partial charge >= 0.3 is 0 Å². The summed E-state index contributed by atoms with van der Waals surface area (Å²) in [4.78, 5) is 44.8. The van der Waals surface area contributed by atoms with Gasteiger partial charge in [-0.3, -0.25) is 14.4 Å². The molecule has 5 rings (SSSR count). The highest BCUT2D eigenvalue weighted by Gasteiger charge is 2.32. The standard InChI is InChI=1S/C38H44ClN5O4/c1-4-6-18-42(19-7-5-2)38(48)34-20-26(3)44(41-34)35-17-16-31(40-36(46)21-27-12-14-30(39)15-13-27)23-33(35)37(47)43-24-29-11-9-8-10-28(29)22-32(43)25-45/h8-17,20,23,32,45H,4-7,18-19,21-22,24-25H2,1-3H3,(H,40,46). The zero-order valence-corrected chi connectivity index (χ0v) is 28.7. The lowest BCUT2D eigenvalue weighted by molar-refractivity contribution is -0.115. The Morgan fingerprint density at radius 1 is 0.958 bits per heavy atom. The summed E-state index contributed by atoms with van der Waals surface area (Å²) < 4.78 is 1.63. The van der Waals surface area contributed by atoms with E-state index in [1.165, 1.54) is 0 Å². The first-order valence-electron chi connectivity index (χ1n) is 16.8. The fraction of sp³-hybridized carbons (Fsp3) is 0.368. The van der Waals surface area contributed by atoms with Gasteiger partial charge in [-0.1, -0.05) is 74.7 Å². The number of aryl methyl sites for hydroxylation is 1. The number of nitrogens with one attached hydrogen (secondary N) is 1. The number of aliphatic hydroxyl groups is 1. The monoisotopic (exact) mass is 669 g/mol. The van der Waals surface area contributed by atoms with Crippen molar-refractivity contribution >= 4 is 35.0 Å². The third-order valence-electron chi connectivity index (χ3n) is 8.80. The van der Waals surface area contributed by atoms with Crippen molar-refractivity contribution in [2.45, 2.75) is 71.9 Å². The molecule has 1 atom stereocenters. The number of carbonyl (C=O) groups excluding carboxylic acids is 3. The second-order valence-electron chi connectivity index (χ2n) is 12.4. The lowest BCUT2D eigenvalue weighted by Gasteiger charge is -2.36. The topological polar surface area (TPSA) is 108 Å². The number of aliphatic hydroxyl groups excluding tert-OH is 1. The largest absolute Gasteiger partial charge is 0.394 e. The SMILES string of the molecule is CCCCN(CCCC)C(=O)c1cc(C)n(-c2ccc(NC(=O)Cc3ccc(Cl)cc3)cc2C(=O)N2Cc3ccccc3CC2CO)n1. The number of fused-ring (bicyclic) bond motifs is 1. The molecule has 0 bridgehead atoms. The molecule has 0 spiro atoms. The molecule has 0 saturated carbocycles. The van der Waals surface area contributed by atoms with Gasteiger partial charge in [0.15, 0.2) is 5.69 Å². The van der Waals surface area contributed by atoms with Crippen LogP contribution in [-0.4, -0.2) is 68.1 Å². The second-order valence-corrected chi connectivity index (χ2v) is 12.8. The highest BCUT2D eigenvalue weighted by atomic mass is 35.5. The fourth-order valence-electron chi connectivity index (χ4n) is 6.10. The van der Waals surface area contributed by atoms with E-state index in [4.69, 9.17) is 16.7 Å². The molecule has 0 aliphatic carbocycles. The molecule has 0 radical (unpaired) electrons. The van der Waals surface area contributed by atoms with Gasteiger partial charge in [0, 0.05) is 36.0 Å². The van der Waals surface area contributed by atoms with Crippen molar-refractivity contribution in [3.8, 4) is 5.69 Å². The number of unbranched alkanes of at least 4 members (excludes halogenated alkanes) is 2. The molecule has 0 saturated heterocycles. The van der Waals surface area contributed by atoms with Crippen LogP contribution in [0.1, 0.15) is 82.8 Å². The Kier molecular flexibility index (Phi) is 11.7. The molecular weight excluding hydrogens is 626 g/mol. The molecule has 3 aromatic carbocycles. The van der Waals surface area contributed by atoms with Gasteiger partial charge in [-0.15, -0.1) is 0 Å². The maximum atomic E-state index is 14.5. The molecule has 10 heteroatoms. The van der Waals surface area contributed by atoms with E-state index < -0.39 is 6.04 Å². The summed E-state index contributed by atoms with van der Waals surface area (Å²) in [5.41, 5.74) is 5.17. The van der Waals surface area contributed by atoms with Crippen LogP contribution in [0.2, 0.25) is 5.02 Å². The smallest absolute Gasteiger partial charge is 0.274 e. The molecule has 252 valence electrons. The van der Waals surface area contributed by atoms with E-state index >= 15 is 0 Å². The lowest BCUT2D eigenvalue weighted by atomic mass is 9.93. The van der Waals surface area contributed by atoms with Crippen molar-refractivity contribution in [3.63, 3.8) is 0 Å². The summed E-state index contributed by atoms with van der Waals surface area (Å²) in [5.74, 6) is -0.681. The van der Waals surface area contributed by atoms with Crippen molar-refractivity contribution in [2.24, 2.45) is 0 Å². The van der Waals surface area contributed by atoms with Crippen LogP contribution in [0.5, 0.6) is 0 Å². The summed E-state index contributed by atoms with van der Waals surface area (Å²) in [6.07, 6.45) is 4.43. The number of hydrogen-bond acceptors (Lipinski definition) is 5. The number of rotatable bonds is 13. The number of carbonyl (C=O) groups is 3. The normalized spacial score (nSPS) is 14.0. The molecule has 1 aliphatic rings. The van der Waals surface area contributed by atoms with Gasteiger partial charge in [0.2, 0.25) is 5.91 Å². The van der Waals surface area contributed by atoms with E-state index in [1.807, 2.05) is 36.1 Å². The zero-order chi connectivity index (χ0) is 34.2. The van der Waals surface area contributed by atoms with Crippen LogP contribution < -0.4 is 5.32 Å². The minimum absolute atomic E-state index is 0.133. The van der Waals surface area contributed by atoms with Crippen molar-refractivity contribution in [3.05, 3.63) is 111 Å². The number of benzene rings is 3. The Hall–Kier alpha value is -4.47. The fourth-order valence-corrected chi connectivity index (χ4v) is 6.23. The third-order valence-corrected chi connectivity index (χ3v) is 9.05. The number of amides is 3. The first-order chi connectivity index (χ1) is 23.2. The summed E-state index contributed by atoms with van der Waals surface area (Å²) >= 11 is 6.01. The average molecular weight is 670 g/mol.